The number of rotatable bonds is 8. The summed E-state index contributed by atoms with van der Waals surface area (Å²) in [6, 6.07) is 0.706. The lowest BCUT2D eigenvalue weighted by atomic mass is 10.1. The van der Waals surface area contributed by atoms with Gasteiger partial charge in [0.25, 0.3) is 0 Å². The van der Waals surface area contributed by atoms with Crippen LogP contribution in [0.3, 0.4) is 0 Å². The van der Waals surface area contributed by atoms with Gasteiger partial charge in [0.2, 0.25) is 0 Å². The van der Waals surface area contributed by atoms with Crippen LogP contribution in [0, 0.1) is 0 Å². The van der Waals surface area contributed by atoms with Crippen LogP contribution in [0.15, 0.2) is 0 Å². The average molecular weight is 187 g/mol. The topological polar surface area (TPSA) is 21.3 Å². The lowest BCUT2D eigenvalue weighted by molar-refractivity contribution is 0.109. The molecule has 0 aromatic rings. The van der Waals surface area contributed by atoms with Crippen molar-refractivity contribution in [3.63, 3.8) is 0 Å². The van der Waals surface area contributed by atoms with Crippen molar-refractivity contribution in [2.24, 2.45) is 0 Å². The van der Waals surface area contributed by atoms with Gasteiger partial charge in [0.1, 0.15) is 0 Å². The van der Waals surface area contributed by atoms with Crippen LogP contribution < -0.4 is 5.32 Å². The fourth-order valence-electron chi connectivity index (χ4n) is 1.39. The van der Waals surface area contributed by atoms with Crippen LogP contribution >= 0.6 is 0 Å². The smallest absolute Gasteiger partial charge is 0.0543 e. The van der Waals surface area contributed by atoms with E-state index in [0.717, 1.165) is 13.0 Å². The van der Waals surface area contributed by atoms with E-state index in [1.54, 1.807) is 7.11 Å². The molecule has 80 valence electrons. The highest BCUT2D eigenvalue weighted by Crippen LogP contribution is 2.00. The van der Waals surface area contributed by atoms with Crippen LogP contribution in [0.25, 0.3) is 0 Å². The van der Waals surface area contributed by atoms with Gasteiger partial charge in [-0.3, -0.25) is 0 Å². The van der Waals surface area contributed by atoms with Gasteiger partial charge in [-0.05, 0) is 39.2 Å². The maximum Gasteiger partial charge on any atom is 0.0543 e. The van der Waals surface area contributed by atoms with Crippen molar-refractivity contribution in [3.8, 4) is 0 Å². The van der Waals surface area contributed by atoms with Crippen LogP contribution in [-0.2, 0) is 4.74 Å². The Hall–Kier alpha value is -0.0800. The predicted molar refractivity (Wildman–Crippen MR) is 58.1 cm³/mol. The summed E-state index contributed by atoms with van der Waals surface area (Å²) in [5.41, 5.74) is 0. The molecule has 1 unspecified atom stereocenters. The summed E-state index contributed by atoms with van der Waals surface area (Å²) in [5, 5.41) is 3.54. The maximum absolute atomic E-state index is 5.18. The summed E-state index contributed by atoms with van der Waals surface area (Å²) < 4.78 is 5.18. The fraction of sp³-hybridized carbons (Fsp3) is 1.00. The maximum atomic E-state index is 5.18. The molecule has 0 aromatic heterocycles. The van der Waals surface area contributed by atoms with Crippen LogP contribution in [0.1, 0.15) is 46.5 Å². The van der Waals surface area contributed by atoms with Crippen molar-refractivity contribution in [2.75, 3.05) is 13.7 Å². The molecule has 0 aliphatic carbocycles. The summed E-state index contributed by atoms with van der Waals surface area (Å²) in [6.45, 7) is 7.72. The van der Waals surface area contributed by atoms with Crippen LogP contribution in [0.2, 0.25) is 0 Å². The van der Waals surface area contributed by atoms with Gasteiger partial charge in [-0.2, -0.15) is 0 Å². The normalized spacial score (nSPS) is 13.6. The van der Waals surface area contributed by atoms with Crippen molar-refractivity contribution >= 4 is 0 Å². The highest BCUT2D eigenvalue weighted by molar-refractivity contribution is 4.62. The first-order valence-corrected chi connectivity index (χ1v) is 5.50. The predicted octanol–water partition coefficient (Wildman–Crippen LogP) is 2.58. The monoisotopic (exact) mass is 187 g/mol. The van der Waals surface area contributed by atoms with Gasteiger partial charge in [-0.1, -0.05) is 13.8 Å². The average Bonchev–Trinajstić information content (AvgIpc) is 2.18. The first-order chi connectivity index (χ1) is 6.24. The van der Waals surface area contributed by atoms with Crippen molar-refractivity contribution in [3.05, 3.63) is 0 Å². The molecular weight excluding hydrogens is 162 g/mol. The third-order valence-electron chi connectivity index (χ3n) is 2.61. The number of hydrogen-bond donors (Lipinski definition) is 1. The summed E-state index contributed by atoms with van der Waals surface area (Å²) in [4.78, 5) is 0. The molecular formula is C11H25NO. The largest absolute Gasteiger partial charge is 0.382 e. The molecule has 0 spiro atoms. The van der Waals surface area contributed by atoms with E-state index in [4.69, 9.17) is 4.74 Å². The number of nitrogens with one attached hydrogen (secondary N) is 1. The molecule has 0 saturated heterocycles. The Bertz CT molecular complexity index is 102. The minimum Gasteiger partial charge on any atom is -0.382 e. The summed E-state index contributed by atoms with van der Waals surface area (Å²) in [6.07, 6.45) is 5.24. The second-order valence-electron chi connectivity index (χ2n) is 3.66. The highest BCUT2D eigenvalue weighted by Gasteiger charge is 2.02. The third kappa shape index (κ3) is 7.03. The molecule has 0 aromatic carbocycles. The van der Waals surface area contributed by atoms with Crippen LogP contribution in [0.5, 0.6) is 0 Å². The summed E-state index contributed by atoms with van der Waals surface area (Å²) in [5.74, 6) is 0. The molecule has 1 N–H and O–H groups in total. The van der Waals surface area contributed by atoms with Gasteiger partial charge in [0.05, 0.1) is 6.10 Å². The number of hydrogen-bond acceptors (Lipinski definition) is 2. The SMILES string of the molecule is CCC(CC)NCCCC(C)OC. The van der Waals surface area contributed by atoms with Crippen molar-refractivity contribution in [2.45, 2.75) is 58.6 Å². The number of ether oxygens (including phenoxy) is 1. The minimum atomic E-state index is 0.406. The zero-order chi connectivity index (χ0) is 10.1. The van der Waals surface area contributed by atoms with Gasteiger partial charge >= 0.3 is 0 Å². The molecule has 0 radical (unpaired) electrons. The molecule has 2 nitrogen and oxygen atoms in total. The van der Waals surface area contributed by atoms with Gasteiger partial charge in [-0.15, -0.1) is 0 Å². The van der Waals surface area contributed by atoms with Crippen molar-refractivity contribution < 1.29 is 4.74 Å². The van der Waals surface area contributed by atoms with E-state index < -0.39 is 0 Å². The Kier molecular flexibility index (Phi) is 8.46. The first-order valence-electron chi connectivity index (χ1n) is 5.50. The summed E-state index contributed by atoms with van der Waals surface area (Å²) >= 11 is 0. The quantitative estimate of drug-likeness (QED) is 0.590. The third-order valence-corrected chi connectivity index (χ3v) is 2.61. The minimum absolute atomic E-state index is 0.406. The zero-order valence-corrected chi connectivity index (χ0v) is 9.60. The molecule has 0 aliphatic heterocycles. The number of methoxy groups -OCH3 is 1. The molecule has 0 rings (SSSR count). The Balaban J connectivity index is 3.23. The van der Waals surface area contributed by atoms with E-state index in [1.807, 2.05) is 0 Å². The second kappa shape index (κ2) is 8.52. The van der Waals surface area contributed by atoms with Gasteiger partial charge in [0, 0.05) is 13.2 Å². The Morgan fingerprint density at radius 1 is 1.23 bits per heavy atom. The molecule has 0 aliphatic rings. The van der Waals surface area contributed by atoms with E-state index in [0.29, 0.717) is 12.1 Å². The summed E-state index contributed by atoms with van der Waals surface area (Å²) in [7, 11) is 1.78. The Labute approximate surface area is 83.1 Å². The molecule has 0 amide bonds. The molecule has 1 atom stereocenters. The first kappa shape index (κ1) is 12.9. The van der Waals surface area contributed by atoms with Crippen molar-refractivity contribution in [1.82, 2.24) is 5.32 Å². The molecule has 0 bridgehead atoms. The van der Waals surface area contributed by atoms with E-state index in [2.05, 4.69) is 26.1 Å². The second-order valence-corrected chi connectivity index (χ2v) is 3.66. The molecule has 13 heavy (non-hydrogen) atoms. The lowest BCUT2D eigenvalue weighted by Gasteiger charge is -2.15. The fourth-order valence-corrected chi connectivity index (χ4v) is 1.39. The van der Waals surface area contributed by atoms with Crippen LogP contribution in [0.4, 0.5) is 0 Å². The molecule has 2 heteroatoms. The van der Waals surface area contributed by atoms with Gasteiger partial charge < -0.3 is 10.1 Å². The standard InChI is InChI=1S/C11H25NO/c1-5-11(6-2)12-9-7-8-10(3)13-4/h10-12H,5-9H2,1-4H3. The molecule has 0 heterocycles. The molecule has 0 fully saturated rings. The van der Waals surface area contributed by atoms with Gasteiger partial charge in [0.15, 0.2) is 0 Å². The van der Waals surface area contributed by atoms with E-state index in [9.17, 15) is 0 Å². The Morgan fingerprint density at radius 3 is 2.31 bits per heavy atom. The van der Waals surface area contributed by atoms with E-state index in [1.165, 1.54) is 19.3 Å². The van der Waals surface area contributed by atoms with Crippen molar-refractivity contribution in [1.29, 1.82) is 0 Å². The van der Waals surface area contributed by atoms with E-state index in [-0.39, 0.29) is 0 Å². The Morgan fingerprint density at radius 2 is 1.85 bits per heavy atom. The molecule has 0 saturated carbocycles. The van der Waals surface area contributed by atoms with E-state index >= 15 is 0 Å². The highest BCUT2D eigenvalue weighted by atomic mass is 16.5. The van der Waals surface area contributed by atoms with Gasteiger partial charge in [-0.25, -0.2) is 0 Å². The lowest BCUT2D eigenvalue weighted by Crippen LogP contribution is -2.28. The zero-order valence-electron chi connectivity index (χ0n) is 9.60. The van der Waals surface area contributed by atoms with Crippen LogP contribution in [-0.4, -0.2) is 25.8 Å².